The van der Waals surface area contributed by atoms with Crippen LogP contribution < -0.4 is 43.5 Å². The number of hydrogen-bond donors (Lipinski definition) is 1. The van der Waals surface area contributed by atoms with Gasteiger partial charge in [0, 0.05) is 32.2 Å². The zero-order valence-corrected chi connectivity index (χ0v) is 45.4. The van der Waals surface area contributed by atoms with E-state index in [-0.39, 0.29) is 33.2 Å². The number of ether oxygens (including phenoxy) is 1. The second-order valence-corrected chi connectivity index (χ2v) is 27.8. The fourth-order valence-corrected chi connectivity index (χ4v) is 24.0. The SMILES string of the molecule is [CH2-]N(c1ccccc1Nc1[c-]c(Oc2[c-]c3c4[c](c2)[Ge]2([c]5ccccc5B(C)c5cccc[c]52)[c]2cccc(c24)n3-c2cc(C(C)(C)C)ccn2)ccc1)c1c(-c2ccccc2)cccc1-c1ccccc1.[Pt]. The normalized spacial score (nSPS) is 13.0. The monoisotopic (exact) mass is 1180 g/mol. The third-order valence-electron chi connectivity index (χ3n) is 15.0. The molecule has 2 aromatic heterocycles. The first kappa shape index (κ1) is 46.7. The van der Waals surface area contributed by atoms with Gasteiger partial charge in [0.25, 0.3) is 0 Å². The Labute approximate surface area is 445 Å². The molecule has 2 aliphatic rings. The fourth-order valence-electron chi connectivity index (χ4n) is 11.8. The van der Waals surface area contributed by atoms with E-state index in [4.69, 9.17) is 16.8 Å². The molecule has 0 saturated heterocycles. The number of aromatic nitrogens is 2. The first-order valence-corrected chi connectivity index (χ1v) is 29.0. The van der Waals surface area contributed by atoms with Crippen LogP contribution in [0.5, 0.6) is 11.5 Å². The second-order valence-electron chi connectivity index (χ2n) is 20.1. The van der Waals surface area contributed by atoms with Crippen molar-refractivity contribution >= 4 is 93.0 Å². The van der Waals surface area contributed by atoms with Gasteiger partial charge in [-0.15, -0.1) is 0 Å². The molecule has 73 heavy (non-hydrogen) atoms. The van der Waals surface area contributed by atoms with Crippen molar-refractivity contribution in [3.63, 3.8) is 0 Å². The predicted molar refractivity (Wildman–Crippen MR) is 304 cm³/mol. The number of benzene rings is 9. The Bertz CT molecular complexity index is 3820. The molecule has 0 bridgehead atoms. The van der Waals surface area contributed by atoms with Gasteiger partial charge in [-0.25, -0.2) is 0 Å². The summed E-state index contributed by atoms with van der Waals surface area (Å²) in [6, 6.07) is 81.5. The van der Waals surface area contributed by atoms with Gasteiger partial charge in [-0.1, -0.05) is 78.9 Å². The van der Waals surface area contributed by atoms with Crippen molar-refractivity contribution < 1.29 is 25.8 Å². The summed E-state index contributed by atoms with van der Waals surface area (Å²) >= 11 is -3.70. The number of nitrogens with zero attached hydrogens (tertiary/aromatic N) is 3. The molecule has 5 nitrogen and oxygen atoms in total. The van der Waals surface area contributed by atoms with Gasteiger partial charge in [0.2, 0.25) is 0 Å². The molecule has 8 heteroatoms. The molecule has 0 unspecified atom stereocenters. The average Bonchev–Trinajstić information content (AvgIpc) is 3.92. The molecular weight excluding hydrogens is 1130 g/mol. The molecule has 2 aliphatic heterocycles. The van der Waals surface area contributed by atoms with Gasteiger partial charge >= 0.3 is 326 Å². The van der Waals surface area contributed by atoms with Crippen LogP contribution in [0.1, 0.15) is 26.3 Å². The van der Waals surface area contributed by atoms with Gasteiger partial charge in [-0.2, -0.15) is 0 Å². The minimum atomic E-state index is -3.70. The van der Waals surface area contributed by atoms with E-state index in [1.165, 1.54) is 44.8 Å². The molecule has 11 aromatic rings. The van der Waals surface area contributed by atoms with Crippen LogP contribution in [0.2, 0.25) is 6.82 Å². The van der Waals surface area contributed by atoms with E-state index in [0.29, 0.717) is 11.5 Å². The third kappa shape index (κ3) is 7.52. The van der Waals surface area contributed by atoms with E-state index in [1.807, 2.05) is 30.5 Å². The number of anilines is 4. The molecule has 0 atom stereocenters. The molecule has 0 radical (unpaired) electrons. The zero-order valence-electron chi connectivity index (χ0n) is 41.1. The number of pyridine rings is 1. The number of para-hydroxylation sites is 3. The number of fused-ring (bicyclic) bond motifs is 6. The van der Waals surface area contributed by atoms with Crippen LogP contribution in [0, 0.1) is 19.2 Å². The summed E-state index contributed by atoms with van der Waals surface area (Å²) < 4.78 is 15.2. The Morgan fingerprint density at radius 3 is 1.89 bits per heavy atom. The molecule has 4 heterocycles. The van der Waals surface area contributed by atoms with Crippen LogP contribution in [0.3, 0.4) is 0 Å². The van der Waals surface area contributed by atoms with Gasteiger partial charge in [-0.3, -0.25) is 0 Å². The van der Waals surface area contributed by atoms with E-state index in [2.05, 4.69) is 237 Å². The molecule has 1 N–H and O–H groups in total. The van der Waals surface area contributed by atoms with Crippen LogP contribution in [0.15, 0.2) is 212 Å². The smallest absolute Gasteiger partial charge is 0.0622 e. The average molecular weight is 1180 g/mol. The molecule has 13 rings (SSSR count). The van der Waals surface area contributed by atoms with Crippen molar-refractivity contribution in [1.29, 1.82) is 0 Å². The van der Waals surface area contributed by atoms with E-state index < -0.39 is 13.3 Å². The maximum atomic E-state index is 7.09. The van der Waals surface area contributed by atoms with Gasteiger partial charge in [-0.05, 0) is 11.1 Å². The Morgan fingerprint density at radius 1 is 0.603 bits per heavy atom. The number of nitrogens with one attached hydrogen (secondary N) is 1. The molecule has 0 aliphatic carbocycles. The van der Waals surface area contributed by atoms with E-state index in [0.717, 1.165) is 61.9 Å². The van der Waals surface area contributed by atoms with Gasteiger partial charge < -0.3 is 0 Å². The van der Waals surface area contributed by atoms with Crippen LogP contribution in [-0.4, -0.2) is 29.5 Å². The topological polar surface area (TPSA) is 42.3 Å². The Kier molecular flexibility index (Phi) is 11.7. The van der Waals surface area contributed by atoms with Crippen LogP contribution in [-0.2, 0) is 26.5 Å². The molecule has 0 fully saturated rings. The minimum absolute atomic E-state index is 0. The quantitative estimate of drug-likeness (QED) is 0.116. The van der Waals surface area contributed by atoms with Gasteiger partial charge in [0.05, 0.1) is 0 Å². The van der Waals surface area contributed by atoms with E-state index in [1.54, 1.807) is 0 Å². The molecular formula is C65H50BGeN4OPt-3. The minimum Gasteiger partial charge on any atom is -0.0622 e. The second kappa shape index (κ2) is 18.3. The van der Waals surface area contributed by atoms with Gasteiger partial charge in [0.15, 0.2) is 0 Å². The summed E-state index contributed by atoms with van der Waals surface area (Å²) in [5.41, 5.74) is 14.1. The van der Waals surface area contributed by atoms with Crippen molar-refractivity contribution in [2.45, 2.75) is 33.0 Å². The summed E-state index contributed by atoms with van der Waals surface area (Å²) in [6.07, 6.45) is 1.95. The molecule has 0 saturated carbocycles. The summed E-state index contributed by atoms with van der Waals surface area (Å²) in [5.74, 6) is 2.10. The molecule has 9 aromatic carbocycles. The third-order valence-corrected chi connectivity index (χ3v) is 25.4. The Hall–Kier alpha value is -7.37. The van der Waals surface area contributed by atoms with Crippen molar-refractivity contribution in [3.05, 3.63) is 237 Å². The van der Waals surface area contributed by atoms with Crippen molar-refractivity contribution in [2.24, 2.45) is 0 Å². The van der Waals surface area contributed by atoms with Crippen LogP contribution in [0.25, 0.3) is 49.9 Å². The molecule has 356 valence electrons. The van der Waals surface area contributed by atoms with E-state index >= 15 is 0 Å². The summed E-state index contributed by atoms with van der Waals surface area (Å²) in [6.45, 7) is 9.41. The summed E-state index contributed by atoms with van der Waals surface area (Å²) in [5, 5.41) is 6.30. The van der Waals surface area contributed by atoms with Crippen molar-refractivity contribution in [2.75, 3.05) is 10.2 Å². The predicted octanol–water partition coefficient (Wildman–Crippen LogP) is 12.1. The number of rotatable bonds is 9. The molecule has 0 amide bonds. The standard InChI is InChI=1S/C65H50BGeN4O.Pt/c1-65(2,3)45-37-38-68-61(39-45)71-59-36-20-33-55-62(59)63-56(67(55)53-31-14-12-29-51(53)66(4)52-30-13-15-32-54(52)67)41-48(42-60(63)71)72-47-26-18-25-46(40-47)69-57-34-16-17-35-58(57)70(5)64-49(43-21-8-6-9-22-43)27-19-28-50(64)44-23-10-7-11-24-44;/h6-39,41,69H,5H2,1-4H3;/q-3;. The first-order chi connectivity index (χ1) is 35.2. The first-order valence-electron chi connectivity index (χ1n) is 24.8. The molecule has 1 spiro atoms. The van der Waals surface area contributed by atoms with Crippen molar-refractivity contribution in [1.82, 2.24) is 9.55 Å². The zero-order chi connectivity index (χ0) is 48.7. The fraction of sp³-hybridized carbons (Fsp3) is 0.0769. The Balaban J connectivity index is 0.00000543. The van der Waals surface area contributed by atoms with Gasteiger partial charge in [0.1, 0.15) is 0 Å². The summed E-state index contributed by atoms with van der Waals surface area (Å²) in [7, 11) is 4.75. The number of hydrogen-bond acceptors (Lipinski definition) is 4. The summed E-state index contributed by atoms with van der Waals surface area (Å²) in [4.78, 5) is 7.13. The van der Waals surface area contributed by atoms with E-state index in [9.17, 15) is 0 Å². The Morgan fingerprint density at radius 2 is 1.21 bits per heavy atom. The van der Waals surface area contributed by atoms with Crippen LogP contribution >= 0.6 is 0 Å². The maximum absolute atomic E-state index is 7.09. The van der Waals surface area contributed by atoms with Crippen molar-refractivity contribution in [3.8, 4) is 39.6 Å². The van der Waals surface area contributed by atoms with Crippen LogP contribution in [0.4, 0.5) is 22.7 Å².